The van der Waals surface area contributed by atoms with Crippen LogP contribution in [0.4, 0.5) is 4.79 Å². The number of carbonyl (C=O) groups is 2. The molecule has 0 aromatic heterocycles. The minimum absolute atomic E-state index is 0.0972. The molecular weight excluding hydrogens is 446 g/mol. The number of benzene rings is 2. The Hall–Kier alpha value is -2.51. The number of thioether (sulfide) groups is 1. The summed E-state index contributed by atoms with van der Waals surface area (Å²) in [7, 11) is 0. The van der Waals surface area contributed by atoms with Crippen LogP contribution in [0.15, 0.2) is 65.6 Å². The second-order valence-corrected chi connectivity index (χ2v) is 9.66. The normalized spacial score (nSPS) is 15.2. The first-order chi connectivity index (χ1) is 16.6. The molecule has 2 amide bonds. The van der Waals surface area contributed by atoms with Crippen LogP contribution in [0.3, 0.4) is 0 Å². The molecule has 7 heteroatoms. The summed E-state index contributed by atoms with van der Waals surface area (Å²) in [6, 6.07) is 19.9. The Labute approximate surface area is 208 Å². The number of piperidine rings is 1. The highest BCUT2D eigenvalue weighted by Crippen LogP contribution is 2.21. The van der Waals surface area contributed by atoms with Crippen molar-refractivity contribution in [3.8, 4) is 0 Å². The predicted molar refractivity (Wildman–Crippen MR) is 138 cm³/mol. The van der Waals surface area contributed by atoms with E-state index in [0.717, 1.165) is 49.5 Å². The largest absolute Gasteiger partial charge is 0.445 e. The number of hydrogen-bond donors (Lipinski definition) is 1. The van der Waals surface area contributed by atoms with Crippen molar-refractivity contribution in [3.05, 3.63) is 66.2 Å². The van der Waals surface area contributed by atoms with Gasteiger partial charge in [-0.25, -0.2) is 4.79 Å². The van der Waals surface area contributed by atoms with Crippen LogP contribution < -0.4 is 5.32 Å². The summed E-state index contributed by atoms with van der Waals surface area (Å²) in [5.41, 5.74) is 0.931. The minimum atomic E-state index is -0.490. The first kappa shape index (κ1) is 26.1. The van der Waals surface area contributed by atoms with Crippen molar-refractivity contribution in [2.45, 2.75) is 56.7 Å². The van der Waals surface area contributed by atoms with Crippen LogP contribution in [-0.4, -0.2) is 65.8 Å². The maximum absolute atomic E-state index is 13.1. The lowest BCUT2D eigenvalue weighted by atomic mass is 10.0. The Kier molecular flexibility index (Phi) is 10.8. The van der Waals surface area contributed by atoms with Gasteiger partial charge in [0.25, 0.3) is 0 Å². The van der Waals surface area contributed by atoms with E-state index < -0.39 is 6.09 Å². The number of nitrogens with zero attached hydrogens (tertiary/aromatic N) is 2. The van der Waals surface area contributed by atoms with E-state index in [4.69, 9.17) is 4.74 Å². The SMILES string of the molecule is CCN(CC)C1CCN(C(=O)CC(CSc2ccccc2)NC(=O)OCc2ccccc2)CC1. The Morgan fingerprint density at radius 2 is 1.65 bits per heavy atom. The van der Waals surface area contributed by atoms with Crippen molar-refractivity contribution in [1.82, 2.24) is 15.1 Å². The van der Waals surface area contributed by atoms with E-state index in [1.807, 2.05) is 65.6 Å². The summed E-state index contributed by atoms with van der Waals surface area (Å²) < 4.78 is 5.41. The number of amides is 2. The molecule has 1 unspecified atom stereocenters. The smallest absolute Gasteiger partial charge is 0.407 e. The van der Waals surface area contributed by atoms with Crippen LogP contribution in [-0.2, 0) is 16.1 Å². The first-order valence-corrected chi connectivity index (χ1v) is 13.2. The van der Waals surface area contributed by atoms with Crippen LogP contribution in [0, 0.1) is 0 Å². The zero-order valence-corrected chi connectivity index (χ0v) is 21.1. The number of likely N-dealkylation sites (tertiary alicyclic amines) is 1. The number of nitrogens with one attached hydrogen (secondary N) is 1. The summed E-state index contributed by atoms with van der Waals surface area (Å²) >= 11 is 1.64. The molecule has 0 saturated carbocycles. The fraction of sp³-hybridized carbons (Fsp3) is 0.481. The van der Waals surface area contributed by atoms with Gasteiger partial charge in [-0.3, -0.25) is 4.79 Å². The summed E-state index contributed by atoms with van der Waals surface area (Å²) in [5.74, 6) is 0.701. The van der Waals surface area contributed by atoms with Crippen molar-refractivity contribution in [2.75, 3.05) is 31.9 Å². The Morgan fingerprint density at radius 3 is 2.26 bits per heavy atom. The van der Waals surface area contributed by atoms with Crippen LogP contribution in [0.2, 0.25) is 0 Å². The molecule has 0 bridgehead atoms. The Bertz CT molecular complexity index is 869. The van der Waals surface area contributed by atoms with E-state index in [9.17, 15) is 9.59 Å². The molecule has 1 N–H and O–H groups in total. The summed E-state index contributed by atoms with van der Waals surface area (Å²) in [6.07, 6.45) is 1.79. The topological polar surface area (TPSA) is 61.9 Å². The molecular formula is C27H37N3O3S. The molecule has 2 aromatic rings. The molecule has 34 heavy (non-hydrogen) atoms. The van der Waals surface area contributed by atoms with E-state index in [1.165, 1.54) is 0 Å². The van der Waals surface area contributed by atoms with E-state index >= 15 is 0 Å². The Balaban J connectivity index is 1.54. The van der Waals surface area contributed by atoms with Gasteiger partial charge in [0.15, 0.2) is 0 Å². The predicted octanol–water partition coefficient (Wildman–Crippen LogP) is 4.80. The lowest BCUT2D eigenvalue weighted by Crippen LogP contribution is -2.48. The Morgan fingerprint density at radius 1 is 1.03 bits per heavy atom. The number of ether oxygens (including phenoxy) is 1. The molecule has 1 fully saturated rings. The summed E-state index contributed by atoms with van der Waals surface area (Å²) in [6.45, 7) is 8.23. The second-order valence-electron chi connectivity index (χ2n) is 8.56. The fourth-order valence-electron chi connectivity index (χ4n) is 4.36. The van der Waals surface area contributed by atoms with Crippen LogP contribution in [0.25, 0.3) is 0 Å². The summed E-state index contributed by atoms with van der Waals surface area (Å²) in [5, 5.41) is 2.94. The van der Waals surface area contributed by atoms with Gasteiger partial charge in [-0.1, -0.05) is 62.4 Å². The lowest BCUT2D eigenvalue weighted by Gasteiger charge is -2.38. The molecule has 1 saturated heterocycles. The van der Waals surface area contributed by atoms with Gasteiger partial charge in [-0.05, 0) is 43.6 Å². The van der Waals surface area contributed by atoms with Gasteiger partial charge in [0.05, 0.1) is 6.04 Å². The van der Waals surface area contributed by atoms with Gasteiger partial charge < -0.3 is 19.9 Å². The monoisotopic (exact) mass is 483 g/mol. The molecule has 2 aromatic carbocycles. The van der Waals surface area contributed by atoms with E-state index in [-0.39, 0.29) is 25.0 Å². The van der Waals surface area contributed by atoms with Gasteiger partial charge in [-0.2, -0.15) is 0 Å². The van der Waals surface area contributed by atoms with Crippen LogP contribution in [0.1, 0.15) is 38.7 Å². The second kappa shape index (κ2) is 14.0. The highest BCUT2D eigenvalue weighted by Gasteiger charge is 2.27. The molecule has 6 nitrogen and oxygen atoms in total. The van der Waals surface area contributed by atoms with Gasteiger partial charge >= 0.3 is 6.09 Å². The molecule has 1 atom stereocenters. The maximum Gasteiger partial charge on any atom is 0.407 e. The highest BCUT2D eigenvalue weighted by atomic mass is 32.2. The maximum atomic E-state index is 13.1. The third kappa shape index (κ3) is 8.37. The quantitative estimate of drug-likeness (QED) is 0.466. The molecule has 0 spiro atoms. The van der Waals surface area contributed by atoms with E-state index in [0.29, 0.717) is 11.8 Å². The van der Waals surface area contributed by atoms with Gasteiger partial charge in [0, 0.05) is 36.2 Å². The van der Waals surface area contributed by atoms with Crippen molar-refractivity contribution >= 4 is 23.8 Å². The first-order valence-electron chi connectivity index (χ1n) is 12.3. The molecule has 0 aliphatic carbocycles. The number of carbonyl (C=O) groups excluding carboxylic acids is 2. The van der Waals surface area contributed by atoms with E-state index in [1.54, 1.807) is 11.8 Å². The minimum Gasteiger partial charge on any atom is -0.445 e. The number of rotatable bonds is 11. The molecule has 0 radical (unpaired) electrons. The van der Waals surface area contributed by atoms with Crippen LogP contribution >= 0.6 is 11.8 Å². The lowest BCUT2D eigenvalue weighted by molar-refractivity contribution is -0.133. The molecule has 1 aliphatic rings. The zero-order chi connectivity index (χ0) is 24.2. The van der Waals surface area contributed by atoms with Gasteiger partial charge in [0.2, 0.25) is 5.91 Å². The number of hydrogen-bond acceptors (Lipinski definition) is 5. The third-order valence-corrected chi connectivity index (χ3v) is 7.47. The van der Waals surface area contributed by atoms with Crippen molar-refractivity contribution < 1.29 is 14.3 Å². The zero-order valence-electron chi connectivity index (χ0n) is 20.3. The van der Waals surface area contributed by atoms with Gasteiger partial charge in [-0.15, -0.1) is 11.8 Å². The van der Waals surface area contributed by atoms with E-state index in [2.05, 4.69) is 24.1 Å². The summed E-state index contributed by atoms with van der Waals surface area (Å²) in [4.78, 5) is 31.2. The van der Waals surface area contributed by atoms with Crippen molar-refractivity contribution in [1.29, 1.82) is 0 Å². The average Bonchev–Trinajstić information content (AvgIpc) is 2.88. The number of alkyl carbamates (subject to hydrolysis) is 1. The fourth-order valence-corrected chi connectivity index (χ4v) is 5.30. The molecule has 184 valence electrons. The molecule has 3 rings (SSSR count). The molecule has 1 heterocycles. The van der Waals surface area contributed by atoms with Crippen molar-refractivity contribution in [2.24, 2.45) is 0 Å². The standard InChI is InChI=1S/C27H37N3O3S/c1-3-29(4-2)24-15-17-30(18-16-24)26(31)19-23(21-34-25-13-9-6-10-14-25)28-27(32)33-20-22-11-7-5-8-12-22/h5-14,23-24H,3-4,15-21H2,1-2H3,(H,28,32). The van der Waals surface area contributed by atoms with Crippen LogP contribution in [0.5, 0.6) is 0 Å². The third-order valence-electron chi connectivity index (χ3n) is 6.30. The van der Waals surface area contributed by atoms with Crippen molar-refractivity contribution in [3.63, 3.8) is 0 Å². The average molecular weight is 484 g/mol. The van der Waals surface area contributed by atoms with Gasteiger partial charge in [0.1, 0.15) is 6.61 Å². The highest BCUT2D eigenvalue weighted by molar-refractivity contribution is 7.99. The molecule has 1 aliphatic heterocycles.